The molecule has 0 aliphatic rings. The van der Waals surface area contributed by atoms with Crippen molar-refractivity contribution >= 4 is 5.91 Å². The topological polar surface area (TPSA) is 90.0 Å². The molecule has 2 rings (SSSR count). The van der Waals surface area contributed by atoms with Crippen molar-refractivity contribution in [3.8, 4) is 5.69 Å². The van der Waals surface area contributed by atoms with Crippen molar-refractivity contribution < 1.29 is 9.18 Å². The number of amides is 1. The highest BCUT2D eigenvalue weighted by Gasteiger charge is 2.23. The van der Waals surface area contributed by atoms with E-state index in [9.17, 15) is 14.0 Å². The number of nitrogens with one attached hydrogen (secondary N) is 1. The minimum atomic E-state index is -0.682. The summed E-state index contributed by atoms with van der Waals surface area (Å²) in [4.78, 5) is 24.3. The van der Waals surface area contributed by atoms with Gasteiger partial charge >= 0.3 is 0 Å². The van der Waals surface area contributed by atoms with Gasteiger partial charge in [0.25, 0.3) is 5.91 Å². The van der Waals surface area contributed by atoms with E-state index in [-0.39, 0.29) is 17.9 Å². The van der Waals surface area contributed by atoms with Crippen LogP contribution in [0.25, 0.3) is 5.69 Å². The van der Waals surface area contributed by atoms with Crippen LogP contribution in [0.4, 0.5) is 4.39 Å². The van der Waals surface area contributed by atoms with Crippen LogP contribution < -0.4 is 16.5 Å². The monoisotopic (exact) mass is 318 g/mol. The van der Waals surface area contributed by atoms with Crippen molar-refractivity contribution in [2.45, 2.75) is 26.3 Å². The Morgan fingerprint density at radius 3 is 2.65 bits per heavy atom. The van der Waals surface area contributed by atoms with Gasteiger partial charge in [-0.05, 0) is 32.9 Å². The summed E-state index contributed by atoms with van der Waals surface area (Å²) in [6.07, 6.45) is 0. The third-order valence-electron chi connectivity index (χ3n) is 3.37. The molecule has 1 heterocycles. The maximum absolute atomic E-state index is 14.0. The molecule has 0 saturated heterocycles. The van der Waals surface area contributed by atoms with Crippen LogP contribution in [0.15, 0.2) is 35.1 Å². The molecule has 0 aliphatic heterocycles. The number of nitrogens with two attached hydrogens (primary N) is 1. The van der Waals surface area contributed by atoms with Crippen LogP contribution in [0.3, 0.4) is 0 Å². The number of carbonyl (C=O) groups is 1. The lowest BCUT2D eigenvalue weighted by atomic mass is 10.1. The molecular weight excluding hydrogens is 299 g/mol. The summed E-state index contributed by atoms with van der Waals surface area (Å²) >= 11 is 0. The van der Waals surface area contributed by atoms with Crippen LogP contribution in [-0.2, 0) is 0 Å². The summed E-state index contributed by atoms with van der Waals surface area (Å²) in [6.45, 7) is 5.28. The molecule has 0 aliphatic carbocycles. The van der Waals surface area contributed by atoms with Crippen LogP contribution in [0.1, 0.15) is 30.0 Å². The molecule has 0 radical (unpaired) electrons. The molecule has 0 bridgehead atoms. The van der Waals surface area contributed by atoms with E-state index >= 15 is 0 Å². The smallest absolute Gasteiger partial charge is 0.276 e. The average Bonchev–Trinajstić information content (AvgIpc) is 2.48. The maximum atomic E-state index is 14.0. The molecular formula is C16H19FN4O2. The Hall–Kier alpha value is -2.54. The Bertz CT molecular complexity index is 799. The first kappa shape index (κ1) is 16.8. The number of para-hydroxylation sites is 1. The molecule has 0 unspecified atom stereocenters. The SMILES string of the molecule is Cc1cc(=O)c(C(=O)NC(C)(C)CN)nn1-c1ccccc1F. The lowest BCUT2D eigenvalue weighted by Crippen LogP contribution is -2.50. The zero-order valence-corrected chi connectivity index (χ0v) is 13.3. The van der Waals surface area contributed by atoms with Gasteiger partial charge in [-0.1, -0.05) is 12.1 Å². The Morgan fingerprint density at radius 1 is 1.39 bits per heavy atom. The third-order valence-corrected chi connectivity index (χ3v) is 3.37. The normalized spacial score (nSPS) is 11.3. The molecule has 6 nitrogen and oxygen atoms in total. The molecule has 2 aromatic rings. The lowest BCUT2D eigenvalue weighted by Gasteiger charge is -2.23. The van der Waals surface area contributed by atoms with E-state index in [4.69, 9.17) is 5.73 Å². The summed E-state index contributed by atoms with van der Waals surface area (Å²) in [5.41, 5.74) is 4.64. The fraction of sp³-hybridized carbons (Fsp3) is 0.312. The fourth-order valence-corrected chi connectivity index (χ4v) is 1.99. The second-order valence-corrected chi connectivity index (χ2v) is 5.90. The van der Waals surface area contributed by atoms with Crippen LogP contribution in [-0.4, -0.2) is 27.8 Å². The molecule has 1 amide bonds. The summed E-state index contributed by atoms with van der Waals surface area (Å²) < 4.78 is 15.2. The van der Waals surface area contributed by atoms with Crippen molar-refractivity contribution in [3.05, 3.63) is 57.8 Å². The first-order valence-corrected chi connectivity index (χ1v) is 7.13. The Kier molecular flexibility index (Phi) is 4.60. The van der Waals surface area contributed by atoms with Crippen molar-refractivity contribution in [1.29, 1.82) is 0 Å². The molecule has 122 valence electrons. The van der Waals surface area contributed by atoms with E-state index in [2.05, 4.69) is 10.4 Å². The first-order chi connectivity index (χ1) is 10.7. The van der Waals surface area contributed by atoms with Gasteiger partial charge < -0.3 is 11.1 Å². The van der Waals surface area contributed by atoms with Crippen molar-refractivity contribution in [1.82, 2.24) is 15.1 Å². The quantitative estimate of drug-likeness (QED) is 0.885. The Balaban J connectivity index is 2.51. The summed E-state index contributed by atoms with van der Waals surface area (Å²) in [7, 11) is 0. The Morgan fingerprint density at radius 2 is 2.04 bits per heavy atom. The summed E-state index contributed by atoms with van der Waals surface area (Å²) in [5, 5.41) is 6.67. The highest BCUT2D eigenvalue weighted by Crippen LogP contribution is 2.13. The summed E-state index contributed by atoms with van der Waals surface area (Å²) in [6, 6.07) is 7.25. The fourth-order valence-electron chi connectivity index (χ4n) is 1.99. The van der Waals surface area contributed by atoms with E-state index in [1.165, 1.54) is 22.9 Å². The van der Waals surface area contributed by atoms with Crippen molar-refractivity contribution in [2.24, 2.45) is 5.73 Å². The number of hydrogen-bond acceptors (Lipinski definition) is 4. The predicted molar refractivity (Wildman–Crippen MR) is 85.1 cm³/mol. The number of hydrogen-bond donors (Lipinski definition) is 2. The second kappa shape index (κ2) is 6.29. The number of rotatable bonds is 4. The van der Waals surface area contributed by atoms with E-state index < -0.39 is 22.7 Å². The number of carbonyl (C=O) groups excluding carboxylic acids is 1. The highest BCUT2D eigenvalue weighted by molar-refractivity contribution is 5.92. The van der Waals surface area contributed by atoms with Gasteiger partial charge in [-0.15, -0.1) is 0 Å². The van der Waals surface area contributed by atoms with Gasteiger partial charge in [0.15, 0.2) is 5.69 Å². The minimum Gasteiger partial charge on any atom is -0.344 e. The molecule has 3 N–H and O–H groups in total. The molecule has 0 atom stereocenters. The maximum Gasteiger partial charge on any atom is 0.276 e. The third kappa shape index (κ3) is 3.62. The highest BCUT2D eigenvalue weighted by atomic mass is 19.1. The van der Waals surface area contributed by atoms with Gasteiger partial charge in [0.1, 0.15) is 11.5 Å². The standard InChI is InChI=1S/C16H19FN4O2/c1-10-8-13(22)14(15(23)19-16(2,3)9-18)20-21(10)12-7-5-4-6-11(12)17/h4-8H,9,18H2,1-3H3,(H,19,23). The predicted octanol–water partition coefficient (Wildman–Crippen LogP) is 1.15. The molecule has 0 saturated carbocycles. The van der Waals surface area contributed by atoms with Gasteiger partial charge in [0.2, 0.25) is 5.43 Å². The first-order valence-electron chi connectivity index (χ1n) is 7.13. The van der Waals surface area contributed by atoms with Crippen molar-refractivity contribution in [3.63, 3.8) is 0 Å². The van der Waals surface area contributed by atoms with Crippen molar-refractivity contribution in [2.75, 3.05) is 6.54 Å². The van der Waals surface area contributed by atoms with Gasteiger partial charge in [0, 0.05) is 23.8 Å². The van der Waals surface area contributed by atoms with Gasteiger partial charge in [-0.2, -0.15) is 5.10 Å². The second-order valence-electron chi connectivity index (χ2n) is 5.90. The van der Waals surface area contributed by atoms with Gasteiger partial charge in [0.05, 0.1) is 0 Å². The van der Waals surface area contributed by atoms with Crippen LogP contribution >= 0.6 is 0 Å². The molecule has 0 fully saturated rings. The van der Waals surface area contributed by atoms with Crippen LogP contribution in [0.5, 0.6) is 0 Å². The van der Waals surface area contributed by atoms with Gasteiger partial charge in [-0.3, -0.25) is 9.59 Å². The number of benzene rings is 1. The molecule has 7 heteroatoms. The van der Waals surface area contributed by atoms with Crippen LogP contribution in [0.2, 0.25) is 0 Å². The zero-order chi connectivity index (χ0) is 17.2. The largest absolute Gasteiger partial charge is 0.344 e. The van der Waals surface area contributed by atoms with E-state index in [0.717, 1.165) is 0 Å². The Labute approximate surface area is 133 Å². The number of aryl methyl sites for hydroxylation is 1. The zero-order valence-electron chi connectivity index (χ0n) is 13.3. The van der Waals surface area contributed by atoms with Gasteiger partial charge in [-0.25, -0.2) is 9.07 Å². The molecule has 1 aromatic carbocycles. The van der Waals surface area contributed by atoms with E-state index in [0.29, 0.717) is 5.69 Å². The molecule has 0 spiro atoms. The molecule has 1 aromatic heterocycles. The lowest BCUT2D eigenvalue weighted by molar-refractivity contribution is 0.0907. The van der Waals surface area contributed by atoms with E-state index in [1.807, 2.05) is 0 Å². The number of aromatic nitrogens is 2. The number of halogens is 1. The minimum absolute atomic E-state index is 0.164. The summed E-state index contributed by atoms with van der Waals surface area (Å²) in [5.74, 6) is -1.14. The number of nitrogens with zero attached hydrogens (tertiary/aromatic N) is 2. The molecule has 23 heavy (non-hydrogen) atoms. The van der Waals surface area contributed by atoms with E-state index in [1.54, 1.807) is 32.9 Å². The average molecular weight is 318 g/mol. The van der Waals surface area contributed by atoms with Crippen LogP contribution in [0, 0.1) is 12.7 Å².